The summed E-state index contributed by atoms with van der Waals surface area (Å²) in [6.45, 7) is 5.92. The molecule has 0 unspecified atom stereocenters. The highest BCUT2D eigenvalue weighted by Gasteiger charge is 2.21. The van der Waals surface area contributed by atoms with Crippen LogP contribution in [-0.2, 0) is 16.6 Å². The molecule has 6 nitrogen and oxygen atoms in total. The Kier molecular flexibility index (Phi) is 6.83. The van der Waals surface area contributed by atoms with Gasteiger partial charge in [0.1, 0.15) is 9.96 Å². The number of benzene rings is 2. The van der Waals surface area contributed by atoms with E-state index < -0.39 is 10.0 Å². The third kappa shape index (κ3) is 5.58. The Morgan fingerprint density at radius 2 is 1.90 bits per heavy atom. The molecule has 1 aliphatic rings. The first kappa shape index (κ1) is 22.1. The molecule has 1 saturated heterocycles. The lowest BCUT2D eigenvalue weighted by molar-refractivity contribution is 0.496. The Morgan fingerprint density at radius 3 is 2.68 bits per heavy atom. The van der Waals surface area contributed by atoms with Crippen molar-refractivity contribution in [3.63, 3.8) is 0 Å². The predicted octanol–water partition coefficient (Wildman–Crippen LogP) is 4.39. The van der Waals surface area contributed by atoms with Crippen molar-refractivity contribution in [2.24, 2.45) is 0 Å². The number of halogens is 1. The van der Waals surface area contributed by atoms with Crippen molar-refractivity contribution in [3.8, 4) is 10.8 Å². The minimum Gasteiger partial charge on any atom is -0.445 e. The van der Waals surface area contributed by atoms with Gasteiger partial charge >= 0.3 is 0 Å². The Hall–Kier alpha value is -2.10. The van der Waals surface area contributed by atoms with Gasteiger partial charge in [0.15, 0.2) is 0 Å². The van der Waals surface area contributed by atoms with Crippen LogP contribution in [0, 0.1) is 6.92 Å². The van der Waals surface area contributed by atoms with Crippen molar-refractivity contribution in [3.05, 3.63) is 70.7 Å². The van der Waals surface area contributed by atoms with E-state index in [0.717, 1.165) is 54.3 Å². The first-order valence-corrected chi connectivity index (χ1v) is 12.7. The zero-order chi connectivity index (χ0) is 21.8. The maximum Gasteiger partial charge on any atom is 0.250 e. The summed E-state index contributed by atoms with van der Waals surface area (Å²) in [5.41, 5.74) is 3.04. The molecule has 0 spiro atoms. The summed E-state index contributed by atoms with van der Waals surface area (Å²) in [4.78, 5) is 2.28. The highest BCUT2D eigenvalue weighted by atomic mass is 35.5. The van der Waals surface area contributed by atoms with Gasteiger partial charge < -0.3 is 15.0 Å². The number of piperazine rings is 1. The Labute approximate surface area is 191 Å². The van der Waals surface area contributed by atoms with Crippen molar-refractivity contribution < 1.29 is 13.2 Å². The molecule has 1 aromatic heterocycles. The van der Waals surface area contributed by atoms with Gasteiger partial charge in [0, 0.05) is 44.5 Å². The predicted molar refractivity (Wildman–Crippen MR) is 126 cm³/mol. The van der Waals surface area contributed by atoms with Gasteiger partial charge in [0.25, 0.3) is 10.0 Å². The maximum atomic E-state index is 12.7. The number of aryl methyl sites for hydroxylation is 1. The molecule has 164 valence electrons. The molecule has 0 saturated carbocycles. The standard InChI is InChI=1S/C22H24ClN3O3S2/c1-16-4-2-5-17(12-16)15-25-31(27,28)21-14-20(23)22(30-21)29-19-7-3-6-18(13-19)26-10-8-24-9-11-26/h2-7,12-14,24-25H,8-11,15H2,1H3. The highest BCUT2D eigenvalue weighted by Crippen LogP contribution is 2.40. The van der Waals surface area contributed by atoms with E-state index in [-0.39, 0.29) is 15.8 Å². The molecular formula is C22H24ClN3O3S2. The van der Waals surface area contributed by atoms with Crippen molar-refractivity contribution in [1.82, 2.24) is 10.0 Å². The van der Waals surface area contributed by atoms with E-state index in [4.69, 9.17) is 16.3 Å². The Balaban J connectivity index is 1.47. The van der Waals surface area contributed by atoms with Crippen LogP contribution in [0.25, 0.3) is 0 Å². The third-order valence-corrected chi connectivity index (χ3v) is 8.24. The Bertz CT molecular complexity index is 1160. The molecule has 31 heavy (non-hydrogen) atoms. The smallest absolute Gasteiger partial charge is 0.250 e. The lowest BCUT2D eigenvalue weighted by Gasteiger charge is -2.29. The summed E-state index contributed by atoms with van der Waals surface area (Å²) in [5.74, 6) is 0.622. The van der Waals surface area contributed by atoms with Crippen LogP contribution >= 0.6 is 22.9 Å². The third-order valence-electron chi connectivity index (χ3n) is 4.96. The second kappa shape index (κ2) is 9.58. The summed E-state index contributed by atoms with van der Waals surface area (Å²) in [5, 5.41) is 3.96. The average Bonchev–Trinajstić information content (AvgIpc) is 3.14. The molecule has 0 bridgehead atoms. The lowest BCUT2D eigenvalue weighted by atomic mass is 10.1. The molecule has 1 aliphatic heterocycles. The van der Waals surface area contributed by atoms with Gasteiger partial charge in [-0.25, -0.2) is 13.1 Å². The van der Waals surface area contributed by atoms with E-state index in [0.29, 0.717) is 10.8 Å². The molecule has 3 aromatic rings. The molecule has 1 fully saturated rings. The van der Waals surface area contributed by atoms with Crippen molar-refractivity contribution >= 4 is 38.6 Å². The fourth-order valence-electron chi connectivity index (χ4n) is 3.38. The SMILES string of the molecule is Cc1cccc(CNS(=O)(=O)c2cc(Cl)c(Oc3cccc(N4CCNCC4)c3)s2)c1. The number of thiophene rings is 1. The van der Waals surface area contributed by atoms with Crippen LogP contribution in [0.2, 0.25) is 5.02 Å². The molecule has 0 atom stereocenters. The average molecular weight is 478 g/mol. The zero-order valence-corrected chi connectivity index (χ0v) is 19.5. The topological polar surface area (TPSA) is 70.7 Å². The molecule has 2 aromatic carbocycles. The minimum atomic E-state index is -3.70. The van der Waals surface area contributed by atoms with E-state index >= 15 is 0 Å². The fraction of sp³-hybridized carbons (Fsp3) is 0.273. The van der Waals surface area contributed by atoms with Crippen molar-refractivity contribution in [1.29, 1.82) is 0 Å². The number of hydrogen-bond acceptors (Lipinski definition) is 6. The number of rotatable bonds is 7. The van der Waals surface area contributed by atoms with Gasteiger partial charge in [-0.05, 0) is 30.7 Å². The van der Waals surface area contributed by atoms with Gasteiger partial charge in [-0.3, -0.25) is 0 Å². The largest absolute Gasteiger partial charge is 0.445 e. The number of nitrogens with zero attached hydrogens (tertiary/aromatic N) is 1. The minimum absolute atomic E-state index is 0.124. The molecule has 2 heterocycles. The summed E-state index contributed by atoms with van der Waals surface area (Å²) < 4.78 is 34.2. The number of hydrogen-bond donors (Lipinski definition) is 2. The van der Waals surface area contributed by atoms with Crippen LogP contribution in [0.15, 0.2) is 58.8 Å². The van der Waals surface area contributed by atoms with E-state index in [1.807, 2.05) is 55.5 Å². The summed E-state index contributed by atoms with van der Waals surface area (Å²) in [6, 6.07) is 16.9. The van der Waals surface area contributed by atoms with Gasteiger partial charge in [-0.15, -0.1) is 0 Å². The van der Waals surface area contributed by atoms with Crippen LogP contribution in [0.1, 0.15) is 11.1 Å². The molecule has 0 radical (unpaired) electrons. The first-order chi connectivity index (χ1) is 14.9. The van der Waals surface area contributed by atoms with Crippen molar-refractivity contribution in [2.75, 3.05) is 31.1 Å². The second-order valence-corrected chi connectivity index (χ2v) is 10.8. The van der Waals surface area contributed by atoms with Gasteiger partial charge in [-0.2, -0.15) is 0 Å². The lowest BCUT2D eigenvalue weighted by Crippen LogP contribution is -2.43. The first-order valence-electron chi connectivity index (χ1n) is 9.99. The molecule has 9 heteroatoms. The van der Waals surface area contributed by atoms with Gasteiger partial charge in [0.2, 0.25) is 5.06 Å². The Morgan fingerprint density at radius 1 is 1.13 bits per heavy atom. The molecule has 4 rings (SSSR count). The number of ether oxygens (including phenoxy) is 1. The van der Waals surface area contributed by atoms with Gasteiger partial charge in [-0.1, -0.05) is 58.8 Å². The van der Waals surface area contributed by atoms with Crippen LogP contribution in [0.5, 0.6) is 10.8 Å². The van der Waals surface area contributed by atoms with Gasteiger partial charge in [0.05, 0.1) is 5.02 Å². The van der Waals surface area contributed by atoms with E-state index in [1.165, 1.54) is 6.07 Å². The van der Waals surface area contributed by atoms with Crippen LogP contribution in [0.4, 0.5) is 5.69 Å². The molecular weight excluding hydrogens is 454 g/mol. The monoisotopic (exact) mass is 477 g/mol. The van der Waals surface area contributed by atoms with E-state index in [2.05, 4.69) is 14.9 Å². The highest BCUT2D eigenvalue weighted by molar-refractivity contribution is 7.91. The summed E-state index contributed by atoms with van der Waals surface area (Å²) >= 11 is 7.31. The van der Waals surface area contributed by atoms with E-state index in [9.17, 15) is 8.42 Å². The number of nitrogens with one attached hydrogen (secondary N) is 2. The van der Waals surface area contributed by atoms with Crippen molar-refractivity contribution in [2.45, 2.75) is 17.7 Å². The maximum absolute atomic E-state index is 12.7. The molecule has 2 N–H and O–H groups in total. The van der Waals surface area contributed by atoms with Crippen LogP contribution in [0.3, 0.4) is 0 Å². The zero-order valence-electron chi connectivity index (χ0n) is 17.1. The number of sulfonamides is 1. The number of anilines is 1. The summed E-state index contributed by atoms with van der Waals surface area (Å²) in [7, 11) is -3.70. The molecule has 0 aliphatic carbocycles. The second-order valence-electron chi connectivity index (χ2n) is 7.35. The summed E-state index contributed by atoms with van der Waals surface area (Å²) in [6.07, 6.45) is 0. The van der Waals surface area contributed by atoms with E-state index in [1.54, 1.807) is 0 Å². The normalized spacial score (nSPS) is 14.6. The molecule has 0 amide bonds. The quantitative estimate of drug-likeness (QED) is 0.528. The van der Waals surface area contributed by atoms with Crippen LogP contribution in [-0.4, -0.2) is 34.6 Å². The van der Waals surface area contributed by atoms with Crippen LogP contribution < -0.4 is 19.7 Å². The fourth-order valence-corrected chi connectivity index (χ4v) is 6.04.